The van der Waals surface area contributed by atoms with E-state index < -0.39 is 0 Å². The summed E-state index contributed by atoms with van der Waals surface area (Å²) in [6.45, 7) is 0.536. The van der Waals surface area contributed by atoms with E-state index in [2.05, 4.69) is 4.98 Å². The number of benzene rings is 1. The van der Waals surface area contributed by atoms with Crippen molar-refractivity contribution in [3.8, 4) is 28.5 Å². The number of anilines is 1. The van der Waals surface area contributed by atoms with E-state index in [9.17, 15) is 4.79 Å². The number of aryl methyl sites for hydroxylation is 2. The van der Waals surface area contributed by atoms with E-state index in [1.54, 1.807) is 25.5 Å². The summed E-state index contributed by atoms with van der Waals surface area (Å²) < 4.78 is 13.7. The van der Waals surface area contributed by atoms with E-state index in [0.29, 0.717) is 29.7 Å². The SMILES string of the molecule is Cn1cc2c(cc1=O)OCCCCc1cccnc1Oc1ccc(N)cc1-2. The Morgan fingerprint density at radius 1 is 1.11 bits per heavy atom. The molecule has 27 heavy (non-hydrogen) atoms. The third kappa shape index (κ3) is 3.51. The van der Waals surface area contributed by atoms with Crippen molar-refractivity contribution >= 4 is 5.69 Å². The van der Waals surface area contributed by atoms with Crippen LogP contribution in [0.4, 0.5) is 5.69 Å². The van der Waals surface area contributed by atoms with Crippen LogP contribution in [0.15, 0.2) is 53.6 Å². The fourth-order valence-corrected chi connectivity index (χ4v) is 3.19. The highest BCUT2D eigenvalue weighted by Gasteiger charge is 2.17. The molecule has 0 radical (unpaired) electrons. The van der Waals surface area contributed by atoms with Crippen LogP contribution < -0.4 is 20.8 Å². The minimum atomic E-state index is -0.126. The predicted molar refractivity (Wildman–Crippen MR) is 104 cm³/mol. The third-order valence-corrected chi connectivity index (χ3v) is 4.64. The van der Waals surface area contributed by atoms with Crippen molar-refractivity contribution in [3.63, 3.8) is 0 Å². The quantitative estimate of drug-likeness (QED) is 0.618. The molecule has 0 unspecified atom stereocenters. The van der Waals surface area contributed by atoms with Crippen LogP contribution in [0.1, 0.15) is 18.4 Å². The molecule has 0 fully saturated rings. The van der Waals surface area contributed by atoms with Gasteiger partial charge in [0.1, 0.15) is 11.5 Å². The van der Waals surface area contributed by atoms with Crippen LogP contribution in [0.25, 0.3) is 11.1 Å². The normalized spacial score (nSPS) is 13.7. The number of hydrogen-bond donors (Lipinski definition) is 1. The first kappa shape index (κ1) is 17.1. The molecule has 3 heterocycles. The summed E-state index contributed by atoms with van der Waals surface area (Å²) in [5, 5.41) is 0. The minimum absolute atomic E-state index is 0.126. The third-order valence-electron chi connectivity index (χ3n) is 4.64. The van der Waals surface area contributed by atoms with Crippen molar-refractivity contribution in [2.75, 3.05) is 12.3 Å². The molecule has 6 nitrogen and oxygen atoms in total. The highest BCUT2D eigenvalue weighted by Crippen LogP contribution is 2.39. The van der Waals surface area contributed by atoms with Gasteiger partial charge in [-0.15, -0.1) is 0 Å². The fraction of sp³-hybridized carbons (Fsp3) is 0.238. The number of nitrogens with two attached hydrogens (primary N) is 1. The van der Waals surface area contributed by atoms with Crippen molar-refractivity contribution < 1.29 is 9.47 Å². The molecule has 0 spiro atoms. The van der Waals surface area contributed by atoms with Crippen molar-refractivity contribution in [3.05, 3.63) is 64.7 Å². The molecular formula is C21H21N3O3. The summed E-state index contributed by atoms with van der Waals surface area (Å²) in [4.78, 5) is 16.5. The van der Waals surface area contributed by atoms with Gasteiger partial charge in [-0.2, -0.15) is 0 Å². The molecule has 1 aliphatic rings. The Hall–Kier alpha value is -3.28. The van der Waals surface area contributed by atoms with Gasteiger partial charge in [0.05, 0.1) is 6.61 Å². The molecule has 0 aliphatic carbocycles. The number of aromatic nitrogens is 2. The monoisotopic (exact) mass is 363 g/mol. The lowest BCUT2D eigenvalue weighted by Crippen LogP contribution is -2.16. The van der Waals surface area contributed by atoms with Crippen LogP contribution in [0.5, 0.6) is 17.4 Å². The Balaban J connectivity index is 1.93. The number of nitrogen functional groups attached to an aromatic ring is 1. The summed E-state index contributed by atoms with van der Waals surface area (Å²) in [7, 11) is 1.71. The molecule has 4 rings (SSSR count). The Morgan fingerprint density at radius 3 is 2.89 bits per heavy atom. The van der Waals surface area contributed by atoms with Crippen molar-refractivity contribution in [2.24, 2.45) is 7.05 Å². The first-order valence-electron chi connectivity index (χ1n) is 8.97. The van der Waals surface area contributed by atoms with Crippen LogP contribution in [-0.2, 0) is 13.5 Å². The number of fused-ring (bicyclic) bond motifs is 4. The zero-order valence-electron chi connectivity index (χ0n) is 15.1. The molecule has 0 atom stereocenters. The van der Waals surface area contributed by atoms with Gasteiger partial charge in [-0.1, -0.05) is 6.07 Å². The highest BCUT2D eigenvalue weighted by molar-refractivity contribution is 5.78. The first-order valence-corrected chi connectivity index (χ1v) is 8.97. The molecule has 2 aromatic heterocycles. The van der Waals surface area contributed by atoms with E-state index in [1.165, 1.54) is 10.6 Å². The number of ether oxygens (including phenoxy) is 2. The van der Waals surface area contributed by atoms with Crippen molar-refractivity contribution in [2.45, 2.75) is 19.3 Å². The number of rotatable bonds is 0. The summed E-state index contributed by atoms with van der Waals surface area (Å²) in [6, 6.07) is 10.9. The van der Waals surface area contributed by atoms with Crippen molar-refractivity contribution in [1.29, 1.82) is 0 Å². The molecule has 0 saturated carbocycles. The van der Waals surface area contributed by atoms with Crippen molar-refractivity contribution in [1.82, 2.24) is 9.55 Å². The van der Waals surface area contributed by atoms with Crippen LogP contribution in [0.3, 0.4) is 0 Å². The van der Waals surface area contributed by atoms with Crippen LogP contribution in [-0.4, -0.2) is 16.2 Å². The Morgan fingerprint density at radius 2 is 2.00 bits per heavy atom. The lowest BCUT2D eigenvalue weighted by molar-refractivity contribution is 0.306. The minimum Gasteiger partial charge on any atom is -0.493 e. The number of hydrogen-bond acceptors (Lipinski definition) is 5. The van der Waals surface area contributed by atoms with Gasteiger partial charge < -0.3 is 19.8 Å². The molecule has 3 aromatic rings. The van der Waals surface area contributed by atoms with Gasteiger partial charge in [0.25, 0.3) is 5.56 Å². The molecule has 2 N–H and O–H groups in total. The van der Waals surface area contributed by atoms with Crippen LogP contribution in [0.2, 0.25) is 0 Å². The maximum atomic E-state index is 12.1. The van der Waals surface area contributed by atoms with Gasteiger partial charge in [0, 0.05) is 47.9 Å². The van der Waals surface area contributed by atoms with Gasteiger partial charge in [0.2, 0.25) is 5.88 Å². The second-order valence-corrected chi connectivity index (χ2v) is 6.63. The Kier molecular flexibility index (Phi) is 4.54. The highest BCUT2D eigenvalue weighted by atomic mass is 16.5. The summed E-state index contributed by atoms with van der Waals surface area (Å²) in [5.41, 5.74) is 9.09. The zero-order valence-corrected chi connectivity index (χ0v) is 15.1. The maximum absolute atomic E-state index is 12.1. The van der Waals surface area contributed by atoms with E-state index in [4.69, 9.17) is 15.2 Å². The fourth-order valence-electron chi connectivity index (χ4n) is 3.19. The smallest absolute Gasteiger partial charge is 0.254 e. The molecule has 0 amide bonds. The second kappa shape index (κ2) is 7.15. The molecule has 1 aliphatic heterocycles. The lowest BCUT2D eigenvalue weighted by atomic mass is 10.0. The summed E-state index contributed by atoms with van der Waals surface area (Å²) in [6.07, 6.45) is 6.14. The van der Waals surface area contributed by atoms with Gasteiger partial charge in [-0.3, -0.25) is 4.79 Å². The van der Waals surface area contributed by atoms with E-state index in [1.807, 2.05) is 24.3 Å². The lowest BCUT2D eigenvalue weighted by Gasteiger charge is -2.18. The largest absolute Gasteiger partial charge is 0.493 e. The standard InChI is InChI=1S/C21H21N3O3/c1-24-13-17-16-11-15(22)7-8-18(16)27-21-14(6-4-9-23-21)5-2-3-10-26-19(17)12-20(24)25/h4,6-9,11-13H,2-3,5,10,22H2,1H3. The second-order valence-electron chi connectivity index (χ2n) is 6.63. The molecule has 0 saturated heterocycles. The van der Waals surface area contributed by atoms with E-state index in [-0.39, 0.29) is 5.56 Å². The molecule has 6 heteroatoms. The maximum Gasteiger partial charge on any atom is 0.254 e. The van der Waals surface area contributed by atoms with Crippen LogP contribution >= 0.6 is 0 Å². The van der Waals surface area contributed by atoms with Crippen LogP contribution in [0, 0.1) is 0 Å². The summed E-state index contributed by atoms with van der Waals surface area (Å²) in [5.74, 6) is 1.75. The molecule has 1 aromatic carbocycles. The first-order chi connectivity index (χ1) is 13.1. The molecule has 138 valence electrons. The summed E-state index contributed by atoms with van der Waals surface area (Å²) >= 11 is 0. The van der Waals surface area contributed by atoms with Gasteiger partial charge in [0.15, 0.2) is 0 Å². The zero-order chi connectivity index (χ0) is 18.8. The molecule has 0 bridgehead atoms. The number of pyridine rings is 2. The predicted octanol–water partition coefficient (Wildman–Crippen LogP) is 3.54. The average molecular weight is 363 g/mol. The molecular weight excluding hydrogens is 342 g/mol. The topological polar surface area (TPSA) is 79.4 Å². The van der Waals surface area contributed by atoms with Gasteiger partial charge >= 0.3 is 0 Å². The van der Waals surface area contributed by atoms with E-state index >= 15 is 0 Å². The Labute approximate surface area is 157 Å². The number of nitrogens with zero attached hydrogens (tertiary/aromatic N) is 2. The van der Waals surface area contributed by atoms with E-state index in [0.717, 1.165) is 36.0 Å². The van der Waals surface area contributed by atoms with Gasteiger partial charge in [-0.25, -0.2) is 4.98 Å². The Bertz CT molecular complexity index is 1040. The van der Waals surface area contributed by atoms with Gasteiger partial charge in [-0.05, 0) is 43.5 Å². The average Bonchev–Trinajstić information content (AvgIpc) is 2.66.